The third-order valence-electron chi connectivity index (χ3n) is 8.73. The van der Waals surface area contributed by atoms with Crippen molar-refractivity contribution in [1.29, 1.82) is 0 Å². The standard InChI is InChI=1S/C22H32O3/c1-14(23)22(24)12-9-19-17-6-5-15-13-16(25-4)7-10-20(15,2)18(17)8-11-21(19,22)3/h5,13,17-19,24H,6-12H2,1-4H3/t17-,18+,19-,20-,21-,22+/m1/s1. The number of ether oxygens (including phenoxy) is 1. The quantitative estimate of drug-likeness (QED) is 0.807. The Balaban J connectivity index is 1.70. The molecule has 0 aliphatic heterocycles. The van der Waals surface area contributed by atoms with Gasteiger partial charge < -0.3 is 9.84 Å². The molecule has 0 saturated heterocycles. The highest BCUT2D eigenvalue weighted by molar-refractivity contribution is 5.86. The van der Waals surface area contributed by atoms with Gasteiger partial charge in [-0.25, -0.2) is 0 Å². The second kappa shape index (κ2) is 5.45. The third-order valence-corrected chi connectivity index (χ3v) is 8.73. The normalized spacial score (nSPS) is 48.6. The summed E-state index contributed by atoms with van der Waals surface area (Å²) in [6.45, 7) is 6.21. The van der Waals surface area contributed by atoms with E-state index in [1.807, 2.05) is 0 Å². The van der Waals surface area contributed by atoms with Gasteiger partial charge in [-0.3, -0.25) is 4.79 Å². The third kappa shape index (κ3) is 2.11. The maximum Gasteiger partial charge on any atom is 0.161 e. The van der Waals surface area contributed by atoms with E-state index in [2.05, 4.69) is 26.0 Å². The van der Waals surface area contributed by atoms with Gasteiger partial charge >= 0.3 is 0 Å². The smallest absolute Gasteiger partial charge is 0.161 e. The summed E-state index contributed by atoms with van der Waals surface area (Å²) in [5.74, 6) is 2.80. The van der Waals surface area contributed by atoms with Gasteiger partial charge in [0, 0.05) is 11.8 Å². The Labute approximate surface area is 151 Å². The molecular weight excluding hydrogens is 312 g/mol. The summed E-state index contributed by atoms with van der Waals surface area (Å²) in [7, 11) is 1.77. The minimum absolute atomic E-state index is 0.0282. The Morgan fingerprint density at radius 2 is 1.92 bits per heavy atom. The van der Waals surface area contributed by atoms with Gasteiger partial charge in [0.2, 0.25) is 0 Å². The molecule has 0 spiro atoms. The van der Waals surface area contributed by atoms with E-state index in [0.717, 1.165) is 44.3 Å². The largest absolute Gasteiger partial charge is 0.501 e. The zero-order chi connectivity index (χ0) is 18.0. The number of allylic oxidation sites excluding steroid dienone is 4. The molecule has 3 nitrogen and oxygen atoms in total. The summed E-state index contributed by atoms with van der Waals surface area (Å²) < 4.78 is 5.51. The maximum atomic E-state index is 12.3. The van der Waals surface area contributed by atoms with Crippen LogP contribution in [0, 0.1) is 28.6 Å². The molecule has 1 N–H and O–H groups in total. The van der Waals surface area contributed by atoms with Crippen LogP contribution in [0.4, 0.5) is 0 Å². The van der Waals surface area contributed by atoms with E-state index in [9.17, 15) is 9.90 Å². The molecule has 4 rings (SSSR count). The molecule has 4 aliphatic rings. The van der Waals surface area contributed by atoms with Crippen molar-refractivity contribution in [2.75, 3.05) is 7.11 Å². The van der Waals surface area contributed by atoms with Crippen LogP contribution in [0.2, 0.25) is 0 Å². The van der Waals surface area contributed by atoms with E-state index in [4.69, 9.17) is 4.74 Å². The van der Waals surface area contributed by atoms with E-state index in [0.29, 0.717) is 24.2 Å². The lowest BCUT2D eigenvalue weighted by Crippen LogP contribution is -2.56. The Morgan fingerprint density at radius 1 is 1.20 bits per heavy atom. The average Bonchev–Trinajstić information content (AvgIpc) is 2.87. The van der Waals surface area contributed by atoms with Crippen molar-refractivity contribution >= 4 is 5.78 Å². The van der Waals surface area contributed by atoms with Gasteiger partial charge in [0.05, 0.1) is 12.9 Å². The molecule has 0 amide bonds. The summed E-state index contributed by atoms with van der Waals surface area (Å²) in [6, 6.07) is 0. The summed E-state index contributed by atoms with van der Waals surface area (Å²) in [5.41, 5.74) is 0.330. The second-order valence-electron chi connectivity index (χ2n) is 9.42. The molecule has 3 heteroatoms. The second-order valence-corrected chi connectivity index (χ2v) is 9.42. The number of Topliss-reactive ketones (excluding diaryl/α,β-unsaturated/α-hetero) is 1. The molecule has 4 aliphatic carbocycles. The van der Waals surface area contributed by atoms with Crippen molar-refractivity contribution in [2.24, 2.45) is 28.6 Å². The number of methoxy groups -OCH3 is 1. The van der Waals surface area contributed by atoms with Crippen LogP contribution in [0.1, 0.15) is 65.7 Å². The molecular formula is C22H32O3. The number of hydrogen-bond donors (Lipinski definition) is 1. The predicted molar refractivity (Wildman–Crippen MR) is 97.8 cm³/mol. The van der Waals surface area contributed by atoms with Crippen molar-refractivity contribution in [3.05, 3.63) is 23.5 Å². The van der Waals surface area contributed by atoms with Crippen molar-refractivity contribution in [2.45, 2.75) is 71.3 Å². The highest BCUT2D eigenvalue weighted by atomic mass is 16.5. The molecule has 2 fully saturated rings. The van der Waals surface area contributed by atoms with E-state index >= 15 is 0 Å². The topological polar surface area (TPSA) is 46.5 Å². The molecule has 0 heterocycles. The lowest BCUT2D eigenvalue weighted by molar-refractivity contribution is -0.158. The van der Waals surface area contributed by atoms with Gasteiger partial charge in [0.25, 0.3) is 0 Å². The first-order chi connectivity index (χ1) is 11.8. The molecule has 25 heavy (non-hydrogen) atoms. The number of carbonyl (C=O) groups excluding carboxylic acids is 1. The lowest BCUT2D eigenvalue weighted by atomic mass is 9.47. The highest BCUT2D eigenvalue weighted by Gasteiger charge is 2.65. The number of hydrogen-bond acceptors (Lipinski definition) is 3. The number of ketones is 1. The predicted octanol–water partition coefficient (Wildman–Crippen LogP) is 4.41. The van der Waals surface area contributed by atoms with Crippen LogP contribution >= 0.6 is 0 Å². The summed E-state index contributed by atoms with van der Waals surface area (Å²) in [4.78, 5) is 12.3. The van der Waals surface area contributed by atoms with Crippen molar-refractivity contribution in [3.8, 4) is 0 Å². The van der Waals surface area contributed by atoms with Gasteiger partial charge in [-0.2, -0.15) is 0 Å². The molecule has 2 saturated carbocycles. The number of carbonyl (C=O) groups is 1. The Morgan fingerprint density at radius 3 is 2.60 bits per heavy atom. The van der Waals surface area contributed by atoms with Crippen LogP contribution in [0.25, 0.3) is 0 Å². The fraction of sp³-hybridized carbons (Fsp3) is 0.773. The van der Waals surface area contributed by atoms with E-state index in [1.54, 1.807) is 14.0 Å². The fourth-order valence-electron chi connectivity index (χ4n) is 7.05. The first-order valence-corrected chi connectivity index (χ1v) is 9.95. The van der Waals surface area contributed by atoms with Crippen LogP contribution < -0.4 is 0 Å². The molecule has 0 bridgehead atoms. The summed E-state index contributed by atoms with van der Waals surface area (Å²) >= 11 is 0. The van der Waals surface area contributed by atoms with E-state index in [-0.39, 0.29) is 16.6 Å². The fourth-order valence-corrected chi connectivity index (χ4v) is 7.05. The first kappa shape index (κ1) is 17.3. The first-order valence-electron chi connectivity index (χ1n) is 9.95. The van der Waals surface area contributed by atoms with Gasteiger partial charge in [-0.05, 0) is 80.3 Å². The van der Waals surface area contributed by atoms with Gasteiger partial charge in [-0.15, -0.1) is 0 Å². The van der Waals surface area contributed by atoms with Gasteiger partial charge in [-0.1, -0.05) is 19.9 Å². The zero-order valence-electron chi connectivity index (χ0n) is 16.1. The Bertz CT molecular complexity index is 662. The van der Waals surface area contributed by atoms with Crippen LogP contribution in [0.15, 0.2) is 23.5 Å². The minimum Gasteiger partial charge on any atom is -0.501 e. The summed E-state index contributed by atoms with van der Waals surface area (Å²) in [5, 5.41) is 11.2. The van der Waals surface area contributed by atoms with Crippen LogP contribution in [0.3, 0.4) is 0 Å². The molecule has 0 aromatic rings. The molecule has 6 atom stereocenters. The van der Waals surface area contributed by atoms with Crippen molar-refractivity contribution in [1.82, 2.24) is 0 Å². The van der Waals surface area contributed by atoms with E-state index in [1.165, 1.54) is 5.57 Å². The lowest BCUT2D eigenvalue weighted by Gasteiger charge is -2.57. The van der Waals surface area contributed by atoms with Crippen molar-refractivity contribution in [3.63, 3.8) is 0 Å². The number of fused-ring (bicyclic) bond motifs is 5. The van der Waals surface area contributed by atoms with E-state index < -0.39 is 5.60 Å². The van der Waals surface area contributed by atoms with Crippen molar-refractivity contribution < 1.29 is 14.6 Å². The molecule has 0 aromatic heterocycles. The Hall–Kier alpha value is -1.09. The minimum atomic E-state index is -1.11. The van der Waals surface area contributed by atoms with Gasteiger partial charge in [0.1, 0.15) is 5.60 Å². The highest BCUT2D eigenvalue weighted by Crippen LogP contribution is 2.67. The molecule has 0 radical (unpaired) electrons. The zero-order valence-corrected chi connectivity index (χ0v) is 16.1. The number of rotatable bonds is 2. The number of aliphatic hydroxyl groups is 1. The molecule has 0 unspecified atom stereocenters. The molecule has 0 aromatic carbocycles. The maximum absolute atomic E-state index is 12.3. The van der Waals surface area contributed by atoms with Gasteiger partial charge in [0.15, 0.2) is 5.78 Å². The SMILES string of the molecule is COC1=CC2=CC[C@H]3[C@H]4CC[C@](O)(C(C)=O)[C@]4(C)CC[C@@H]3[C@]2(C)CC1. The average molecular weight is 344 g/mol. The van der Waals surface area contributed by atoms with Crippen LogP contribution in [-0.4, -0.2) is 23.6 Å². The molecule has 138 valence electrons. The van der Waals surface area contributed by atoms with Crippen LogP contribution in [-0.2, 0) is 9.53 Å². The summed E-state index contributed by atoms with van der Waals surface area (Å²) in [6.07, 6.45) is 11.7. The Kier molecular flexibility index (Phi) is 3.78. The van der Waals surface area contributed by atoms with Crippen LogP contribution in [0.5, 0.6) is 0 Å². The monoisotopic (exact) mass is 344 g/mol.